The zero-order valence-electron chi connectivity index (χ0n) is 9.39. The predicted octanol–water partition coefficient (Wildman–Crippen LogP) is 0.812. The molecule has 0 spiro atoms. The molecule has 1 fully saturated rings. The fraction of sp³-hybridized carbons (Fsp3) is 0.545. The van der Waals surface area contributed by atoms with E-state index in [2.05, 4.69) is 21.8 Å². The number of anilines is 1. The Hall–Kier alpha value is -1.65. The molecule has 2 heterocycles. The number of nitrogens with two attached hydrogens (primary N) is 1. The quantitative estimate of drug-likeness (QED) is 0.818. The Kier molecular flexibility index (Phi) is 3.03. The summed E-state index contributed by atoms with van der Waals surface area (Å²) in [5.41, 5.74) is 5.32. The number of hydrogen-bond donors (Lipinski definition) is 1. The molecule has 1 amide bonds. The summed E-state index contributed by atoms with van der Waals surface area (Å²) in [6.45, 7) is 4.25. The van der Waals surface area contributed by atoms with E-state index in [0.717, 1.165) is 24.8 Å². The third-order valence-electron chi connectivity index (χ3n) is 3.08. The van der Waals surface area contributed by atoms with Crippen LogP contribution in [0.5, 0.6) is 0 Å². The van der Waals surface area contributed by atoms with Crippen molar-refractivity contribution < 1.29 is 4.79 Å². The number of hydrogen-bond acceptors (Lipinski definition) is 4. The topological polar surface area (TPSA) is 72.1 Å². The van der Waals surface area contributed by atoms with Crippen molar-refractivity contribution in [2.24, 2.45) is 11.7 Å². The number of amides is 1. The number of nitrogens with zero attached hydrogens (tertiary/aromatic N) is 3. The highest BCUT2D eigenvalue weighted by molar-refractivity contribution is 5.90. The Balaban J connectivity index is 2.08. The van der Waals surface area contributed by atoms with E-state index in [0.29, 0.717) is 0 Å². The molecule has 1 aliphatic rings. The van der Waals surface area contributed by atoms with Gasteiger partial charge >= 0.3 is 0 Å². The molecule has 1 aromatic heterocycles. The molecule has 86 valence electrons. The van der Waals surface area contributed by atoms with Gasteiger partial charge in [-0.25, -0.2) is 9.97 Å². The van der Waals surface area contributed by atoms with Crippen LogP contribution < -0.4 is 10.6 Å². The van der Waals surface area contributed by atoms with Crippen LogP contribution in [-0.2, 0) is 0 Å². The minimum absolute atomic E-state index is 0.218. The van der Waals surface area contributed by atoms with E-state index in [1.165, 1.54) is 19.0 Å². The molecule has 0 unspecified atom stereocenters. The lowest BCUT2D eigenvalue weighted by atomic mass is 10.1. The predicted molar refractivity (Wildman–Crippen MR) is 61.2 cm³/mol. The van der Waals surface area contributed by atoms with Crippen molar-refractivity contribution in [3.8, 4) is 0 Å². The highest BCUT2D eigenvalue weighted by Gasteiger charge is 2.22. The third-order valence-corrected chi connectivity index (χ3v) is 3.08. The minimum Gasteiger partial charge on any atom is -0.364 e. The Morgan fingerprint density at radius 1 is 1.56 bits per heavy atom. The Bertz CT molecular complexity index is 376. The fourth-order valence-electron chi connectivity index (χ4n) is 1.99. The van der Waals surface area contributed by atoms with Crippen molar-refractivity contribution in [3.63, 3.8) is 0 Å². The summed E-state index contributed by atoms with van der Waals surface area (Å²) in [6.07, 6.45) is 5.47. The highest BCUT2D eigenvalue weighted by atomic mass is 16.1. The summed E-state index contributed by atoms with van der Waals surface area (Å²) >= 11 is 0. The van der Waals surface area contributed by atoms with Crippen LogP contribution in [0.25, 0.3) is 0 Å². The van der Waals surface area contributed by atoms with Crippen molar-refractivity contribution >= 4 is 11.7 Å². The Labute approximate surface area is 94.7 Å². The SMILES string of the molecule is CC[C@@H]1CCN(c2cnc(C(N)=O)cn2)C1. The molecule has 1 saturated heterocycles. The van der Waals surface area contributed by atoms with Crippen LogP contribution in [0.4, 0.5) is 5.82 Å². The highest BCUT2D eigenvalue weighted by Crippen LogP contribution is 2.23. The second-order valence-electron chi connectivity index (χ2n) is 4.13. The average molecular weight is 220 g/mol. The summed E-state index contributed by atoms with van der Waals surface area (Å²) in [6, 6.07) is 0. The number of aromatic nitrogens is 2. The number of rotatable bonds is 3. The third kappa shape index (κ3) is 2.13. The Morgan fingerprint density at radius 3 is 2.88 bits per heavy atom. The van der Waals surface area contributed by atoms with E-state index >= 15 is 0 Å². The first-order valence-electron chi connectivity index (χ1n) is 5.57. The molecule has 2 rings (SSSR count). The molecular formula is C11H16N4O. The molecule has 1 aromatic rings. The van der Waals surface area contributed by atoms with Crippen LogP contribution in [-0.4, -0.2) is 29.0 Å². The van der Waals surface area contributed by atoms with Gasteiger partial charge in [0.05, 0.1) is 12.4 Å². The number of primary amides is 1. The lowest BCUT2D eigenvalue weighted by Crippen LogP contribution is -2.22. The maximum atomic E-state index is 10.8. The monoisotopic (exact) mass is 220 g/mol. The zero-order chi connectivity index (χ0) is 11.5. The summed E-state index contributed by atoms with van der Waals surface area (Å²) in [5.74, 6) is 1.05. The van der Waals surface area contributed by atoms with E-state index in [4.69, 9.17) is 5.73 Å². The van der Waals surface area contributed by atoms with Gasteiger partial charge in [-0.1, -0.05) is 13.3 Å². The van der Waals surface area contributed by atoms with Gasteiger partial charge < -0.3 is 10.6 Å². The van der Waals surface area contributed by atoms with Gasteiger partial charge in [0.25, 0.3) is 5.91 Å². The summed E-state index contributed by atoms with van der Waals surface area (Å²) in [7, 11) is 0. The smallest absolute Gasteiger partial charge is 0.268 e. The van der Waals surface area contributed by atoms with Crippen LogP contribution in [0, 0.1) is 5.92 Å². The van der Waals surface area contributed by atoms with Crippen molar-refractivity contribution in [2.45, 2.75) is 19.8 Å². The van der Waals surface area contributed by atoms with Gasteiger partial charge in [-0.3, -0.25) is 4.79 Å². The van der Waals surface area contributed by atoms with E-state index in [-0.39, 0.29) is 5.69 Å². The zero-order valence-corrected chi connectivity index (χ0v) is 9.39. The molecule has 5 nitrogen and oxygen atoms in total. The molecule has 1 aliphatic heterocycles. The standard InChI is InChI=1S/C11H16N4O/c1-2-8-3-4-15(7-8)10-6-13-9(5-14-10)11(12)16/h5-6,8H,2-4,7H2,1H3,(H2,12,16)/t8-/m1/s1. The van der Waals surface area contributed by atoms with Gasteiger partial charge in [0.1, 0.15) is 11.5 Å². The molecule has 5 heteroatoms. The molecular weight excluding hydrogens is 204 g/mol. The molecule has 0 bridgehead atoms. The second-order valence-corrected chi connectivity index (χ2v) is 4.13. The number of carbonyl (C=O) groups is 1. The van der Waals surface area contributed by atoms with Crippen LogP contribution >= 0.6 is 0 Å². The maximum absolute atomic E-state index is 10.8. The first-order chi connectivity index (χ1) is 7.70. The van der Waals surface area contributed by atoms with Gasteiger partial charge in [0.15, 0.2) is 0 Å². The average Bonchev–Trinajstić information content (AvgIpc) is 2.77. The van der Waals surface area contributed by atoms with E-state index < -0.39 is 5.91 Å². The molecule has 0 aliphatic carbocycles. The molecule has 16 heavy (non-hydrogen) atoms. The largest absolute Gasteiger partial charge is 0.364 e. The van der Waals surface area contributed by atoms with Gasteiger partial charge in [-0.05, 0) is 12.3 Å². The molecule has 0 radical (unpaired) electrons. The minimum atomic E-state index is -0.535. The van der Waals surface area contributed by atoms with E-state index in [9.17, 15) is 4.79 Å². The van der Waals surface area contributed by atoms with Gasteiger partial charge in [-0.15, -0.1) is 0 Å². The van der Waals surface area contributed by atoms with Crippen molar-refractivity contribution in [3.05, 3.63) is 18.1 Å². The van der Waals surface area contributed by atoms with Crippen molar-refractivity contribution in [2.75, 3.05) is 18.0 Å². The summed E-state index contributed by atoms with van der Waals surface area (Å²) < 4.78 is 0. The molecule has 2 N–H and O–H groups in total. The summed E-state index contributed by atoms with van der Waals surface area (Å²) in [5, 5.41) is 0. The van der Waals surface area contributed by atoms with Crippen LogP contribution in [0.2, 0.25) is 0 Å². The first kappa shape index (κ1) is 10.9. The summed E-state index contributed by atoms with van der Waals surface area (Å²) in [4.78, 5) is 21.2. The van der Waals surface area contributed by atoms with E-state index in [1.54, 1.807) is 6.20 Å². The molecule has 0 aromatic carbocycles. The molecule has 0 saturated carbocycles. The van der Waals surface area contributed by atoms with Crippen molar-refractivity contribution in [1.29, 1.82) is 0 Å². The maximum Gasteiger partial charge on any atom is 0.268 e. The first-order valence-corrected chi connectivity index (χ1v) is 5.57. The normalized spacial score (nSPS) is 20.1. The van der Waals surface area contributed by atoms with E-state index in [1.807, 2.05) is 0 Å². The van der Waals surface area contributed by atoms with Crippen LogP contribution in [0.3, 0.4) is 0 Å². The second kappa shape index (κ2) is 4.47. The van der Waals surface area contributed by atoms with Gasteiger partial charge in [0.2, 0.25) is 0 Å². The lowest BCUT2D eigenvalue weighted by Gasteiger charge is -2.16. The fourth-order valence-corrected chi connectivity index (χ4v) is 1.99. The van der Waals surface area contributed by atoms with Crippen LogP contribution in [0.1, 0.15) is 30.3 Å². The lowest BCUT2D eigenvalue weighted by molar-refractivity contribution is 0.0995. The van der Waals surface area contributed by atoms with Crippen molar-refractivity contribution in [1.82, 2.24) is 9.97 Å². The molecule has 1 atom stereocenters. The van der Waals surface area contributed by atoms with Gasteiger partial charge in [0, 0.05) is 13.1 Å². The number of carbonyl (C=O) groups excluding carboxylic acids is 1. The van der Waals surface area contributed by atoms with Crippen LogP contribution in [0.15, 0.2) is 12.4 Å². The van der Waals surface area contributed by atoms with Gasteiger partial charge in [-0.2, -0.15) is 0 Å². The Morgan fingerprint density at radius 2 is 2.38 bits per heavy atom.